The van der Waals surface area contributed by atoms with E-state index < -0.39 is 0 Å². The Morgan fingerprint density at radius 3 is 2.76 bits per heavy atom. The SMILES string of the molecule is CCn1ncnc1CC(N)c1cnn(C)c1C. The van der Waals surface area contributed by atoms with Gasteiger partial charge in [-0.05, 0) is 13.8 Å². The van der Waals surface area contributed by atoms with Crippen LogP contribution < -0.4 is 5.73 Å². The van der Waals surface area contributed by atoms with Gasteiger partial charge >= 0.3 is 0 Å². The molecule has 0 saturated carbocycles. The minimum absolute atomic E-state index is 0.0850. The summed E-state index contributed by atoms with van der Waals surface area (Å²) >= 11 is 0. The van der Waals surface area contributed by atoms with E-state index in [4.69, 9.17) is 5.73 Å². The van der Waals surface area contributed by atoms with Crippen LogP contribution in [0.25, 0.3) is 0 Å². The van der Waals surface area contributed by atoms with Crippen molar-refractivity contribution in [2.24, 2.45) is 12.8 Å². The van der Waals surface area contributed by atoms with Gasteiger partial charge in [-0.3, -0.25) is 9.36 Å². The van der Waals surface area contributed by atoms with Crippen molar-refractivity contribution in [2.45, 2.75) is 32.9 Å². The van der Waals surface area contributed by atoms with Gasteiger partial charge in [0.15, 0.2) is 0 Å². The highest BCUT2D eigenvalue weighted by atomic mass is 15.3. The van der Waals surface area contributed by atoms with Crippen molar-refractivity contribution in [1.82, 2.24) is 24.5 Å². The predicted octanol–water partition coefficient (Wildman–Crippen LogP) is 0.582. The maximum Gasteiger partial charge on any atom is 0.138 e. The molecule has 0 fully saturated rings. The number of hydrogen-bond donors (Lipinski definition) is 1. The predicted molar refractivity (Wildman–Crippen MR) is 64.3 cm³/mol. The van der Waals surface area contributed by atoms with Crippen molar-refractivity contribution in [3.63, 3.8) is 0 Å². The molecule has 2 heterocycles. The molecule has 1 unspecified atom stereocenters. The van der Waals surface area contributed by atoms with Gasteiger partial charge in [0, 0.05) is 37.3 Å². The van der Waals surface area contributed by atoms with Crippen molar-refractivity contribution >= 4 is 0 Å². The number of rotatable bonds is 4. The molecule has 2 rings (SSSR count). The van der Waals surface area contributed by atoms with Gasteiger partial charge in [0.1, 0.15) is 12.2 Å². The van der Waals surface area contributed by atoms with Crippen molar-refractivity contribution in [3.8, 4) is 0 Å². The lowest BCUT2D eigenvalue weighted by molar-refractivity contribution is 0.579. The van der Waals surface area contributed by atoms with Crippen LogP contribution in [0.1, 0.15) is 30.0 Å². The first-order valence-corrected chi connectivity index (χ1v) is 5.74. The van der Waals surface area contributed by atoms with E-state index in [0.717, 1.165) is 23.6 Å². The molecule has 6 heteroatoms. The molecule has 0 spiro atoms. The molecule has 0 aliphatic rings. The Balaban J connectivity index is 2.17. The second-order valence-corrected chi connectivity index (χ2v) is 4.11. The third-order valence-corrected chi connectivity index (χ3v) is 3.07. The third kappa shape index (κ3) is 2.21. The summed E-state index contributed by atoms with van der Waals surface area (Å²) in [6.45, 7) is 4.87. The molecule has 2 aromatic rings. The Morgan fingerprint density at radius 2 is 2.18 bits per heavy atom. The lowest BCUT2D eigenvalue weighted by Gasteiger charge is -2.11. The van der Waals surface area contributed by atoms with Crippen LogP contribution in [0, 0.1) is 6.92 Å². The van der Waals surface area contributed by atoms with Crippen LogP contribution in [0.5, 0.6) is 0 Å². The van der Waals surface area contributed by atoms with E-state index in [0.29, 0.717) is 6.42 Å². The van der Waals surface area contributed by atoms with Crippen LogP contribution in [0.15, 0.2) is 12.5 Å². The summed E-state index contributed by atoms with van der Waals surface area (Å²) in [4.78, 5) is 4.23. The Morgan fingerprint density at radius 1 is 1.41 bits per heavy atom. The second kappa shape index (κ2) is 4.67. The molecule has 2 aromatic heterocycles. The zero-order valence-electron chi connectivity index (χ0n) is 10.5. The second-order valence-electron chi connectivity index (χ2n) is 4.11. The van der Waals surface area contributed by atoms with E-state index in [1.165, 1.54) is 0 Å². The standard InChI is InChI=1S/C11H18N6/c1-4-17-11(13-7-15-17)5-10(12)9-6-14-16(3)8(9)2/h6-7,10H,4-5,12H2,1-3H3. The maximum atomic E-state index is 6.19. The summed E-state index contributed by atoms with van der Waals surface area (Å²) in [5.74, 6) is 0.920. The van der Waals surface area contributed by atoms with Gasteiger partial charge < -0.3 is 5.73 Å². The molecule has 17 heavy (non-hydrogen) atoms. The molecule has 1 atom stereocenters. The number of nitrogens with two attached hydrogens (primary N) is 1. The molecule has 0 amide bonds. The summed E-state index contributed by atoms with van der Waals surface area (Å²) in [5, 5.41) is 8.34. The lowest BCUT2D eigenvalue weighted by atomic mass is 10.1. The van der Waals surface area contributed by atoms with Gasteiger partial charge in [0.25, 0.3) is 0 Å². The normalized spacial score (nSPS) is 12.9. The van der Waals surface area contributed by atoms with E-state index in [9.17, 15) is 0 Å². The number of hydrogen-bond acceptors (Lipinski definition) is 4. The average molecular weight is 234 g/mol. The molecular weight excluding hydrogens is 216 g/mol. The smallest absolute Gasteiger partial charge is 0.138 e. The van der Waals surface area contributed by atoms with Crippen molar-refractivity contribution < 1.29 is 0 Å². The summed E-state index contributed by atoms with van der Waals surface area (Å²) in [7, 11) is 1.92. The fraction of sp³-hybridized carbons (Fsp3) is 0.545. The molecular formula is C11H18N6. The Kier molecular flexibility index (Phi) is 3.23. The van der Waals surface area contributed by atoms with Gasteiger partial charge in [-0.25, -0.2) is 4.98 Å². The Hall–Kier alpha value is -1.69. The number of nitrogens with zero attached hydrogens (tertiary/aromatic N) is 5. The van der Waals surface area contributed by atoms with Gasteiger partial charge in [0.2, 0.25) is 0 Å². The minimum Gasteiger partial charge on any atom is -0.323 e. The zero-order valence-corrected chi connectivity index (χ0v) is 10.5. The highest BCUT2D eigenvalue weighted by molar-refractivity contribution is 5.21. The molecule has 0 radical (unpaired) electrons. The lowest BCUT2D eigenvalue weighted by Crippen LogP contribution is -2.17. The first-order valence-electron chi connectivity index (χ1n) is 5.74. The average Bonchev–Trinajstić information content (AvgIpc) is 2.87. The Labute approximate surface area is 100 Å². The first-order chi connectivity index (χ1) is 8.13. The van der Waals surface area contributed by atoms with E-state index in [-0.39, 0.29) is 6.04 Å². The summed E-state index contributed by atoms with van der Waals surface area (Å²) in [6.07, 6.45) is 4.08. The van der Waals surface area contributed by atoms with Crippen molar-refractivity contribution in [2.75, 3.05) is 0 Å². The molecule has 2 N–H and O–H groups in total. The molecule has 0 aliphatic heterocycles. The molecule has 0 saturated heterocycles. The van der Waals surface area contributed by atoms with Crippen LogP contribution in [0.2, 0.25) is 0 Å². The maximum absolute atomic E-state index is 6.19. The van der Waals surface area contributed by atoms with Crippen LogP contribution >= 0.6 is 0 Å². The summed E-state index contributed by atoms with van der Waals surface area (Å²) < 4.78 is 3.70. The quantitative estimate of drug-likeness (QED) is 0.839. The molecule has 0 aromatic carbocycles. The first kappa shape index (κ1) is 11.8. The van der Waals surface area contributed by atoms with Crippen molar-refractivity contribution in [1.29, 1.82) is 0 Å². The highest BCUT2D eigenvalue weighted by Gasteiger charge is 2.15. The van der Waals surface area contributed by atoms with E-state index in [1.54, 1.807) is 6.33 Å². The summed E-state index contributed by atoms with van der Waals surface area (Å²) in [5.41, 5.74) is 8.35. The molecule has 6 nitrogen and oxygen atoms in total. The summed E-state index contributed by atoms with van der Waals surface area (Å²) in [6, 6.07) is -0.0850. The molecule has 0 aliphatic carbocycles. The van der Waals surface area contributed by atoms with Crippen LogP contribution in [0.3, 0.4) is 0 Å². The molecule has 0 bridgehead atoms. The van der Waals surface area contributed by atoms with Gasteiger partial charge in [-0.2, -0.15) is 10.2 Å². The number of aromatic nitrogens is 5. The van der Waals surface area contributed by atoms with E-state index in [2.05, 4.69) is 15.2 Å². The van der Waals surface area contributed by atoms with Crippen LogP contribution in [0.4, 0.5) is 0 Å². The van der Waals surface area contributed by atoms with Gasteiger partial charge in [-0.1, -0.05) is 0 Å². The monoisotopic (exact) mass is 234 g/mol. The minimum atomic E-state index is -0.0850. The topological polar surface area (TPSA) is 74.6 Å². The Bertz CT molecular complexity index is 498. The zero-order chi connectivity index (χ0) is 12.4. The third-order valence-electron chi connectivity index (χ3n) is 3.07. The van der Waals surface area contributed by atoms with Crippen LogP contribution in [-0.4, -0.2) is 24.5 Å². The van der Waals surface area contributed by atoms with Crippen molar-refractivity contribution in [3.05, 3.63) is 29.6 Å². The van der Waals surface area contributed by atoms with Crippen LogP contribution in [-0.2, 0) is 20.0 Å². The van der Waals surface area contributed by atoms with Gasteiger partial charge in [0.05, 0.1) is 6.20 Å². The largest absolute Gasteiger partial charge is 0.323 e. The molecule has 92 valence electrons. The van der Waals surface area contributed by atoms with E-state index >= 15 is 0 Å². The van der Waals surface area contributed by atoms with Gasteiger partial charge in [-0.15, -0.1) is 0 Å². The van der Waals surface area contributed by atoms with E-state index in [1.807, 2.05) is 36.5 Å². The highest BCUT2D eigenvalue weighted by Crippen LogP contribution is 2.17. The fourth-order valence-corrected chi connectivity index (χ4v) is 1.90. The fourth-order valence-electron chi connectivity index (χ4n) is 1.90. The number of aryl methyl sites for hydroxylation is 2.